The van der Waals surface area contributed by atoms with Crippen molar-refractivity contribution in [2.24, 2.45) is 0 Å². The van der Waals surface area contributed by atoms with Crippen molar-refractivity contribution in [2.75, 3.05) is 11.9 Å². The molecule has 0 radical (unpaired) electrons. The van der Waals surface area contributed by atoms with Crippen LogP contribution >= 0.6 is 23.4 Å². The number of anilines is 1. The quantitative estimate of drug-likeness (QED) is 0.479. The summed E-state index contributed by atoms with van der Waals surface area (Å²) in [6.45, 7) is 0. The lowest BCUT2D eigenvalue weighted by molar-refractivity contribution is 0.103. The number of hydrogen-bond donors (Lipinski definition) is 0. The Morgan fingerprint density at radius 3 is 2.80 bits per heavy atom. The van der Waals surface area contributed by atoms with Crippen molar-refractivity contribution in [2.45, 2.75) is 11.3 Å². The molecule has 5 rings (SSSR count). The maximum absolute atomic E-state index is 12.9. The van der Waals surface area contributed by atoms with E-state index in [1.807, 2.05) is 12.1 Å². The molecule has 0 spiro atoms. The van der Waals surface area contributed by atoms with Crippen LogP contribution in [0.2, 0.25) is 5.02 Å². The fourth-order valence-corrected chi connectivity index (χ4v) is 5.10. The third-order valence-electron chi connectivity index (χ3n) is 4.93. The van der Waals surface area contributed by atoms with Gasteiger partial charge in [0.15, 0.2) is 5.78 Å². The standard InChI is InChI=1S/C21H14ClNOS/c1-23-19-15-5-3-2-4-12(15)7-9-18(19)25-21(23)17-10-13-6-8-14(22)11-16(13)20(17)24/h2-9,11H,10H2,1H3. The Morgan fingerprint density at radius 1 is 1.08 bits per heavy atom. The summed E-state index contributed by atoms with van der Waals surface area (Å²) in [5.74, 6) is 0.101. The minimum absolute atomic E-state index is 0.101. The maximum atomic E-state index is 12.9. The molecule has 2 aliphatic rings. The number of halogens is 1. The zero-order chi connectivity index (χ0) is 17.1. The average Bonchev–Trinajstić information content (AvgIpc) is 3.13. The van der Waals surface area contributed by atoms with Gasteiger partial charge in [-0.25, -0.2) is 0 Å². The second-order valence-corrected chi connectivity index (χ2v) is 7.85. The van der Waals surface area contributed by atoms with E-state index in [2.05, 4.69) is 48.3 Å². The number of carbonyl (C=O) groups is 1. The summed E-state index contributed by atoms with van der Waals surface area (Å²) < 4.78 is 0. The highest BCUT2D eigenvalue weighted by Crippen LogP contribution is 2.51. The summed E-state index contributed by atoms with van der Waals surface area (Å²) in [7, 11) is 2.05. The van der Waals surface area contributed by atoms with E-state index in [9.17, 15) is 4.79 Å². The molecule has 1 aliphatic carbocycles. The number of hydrogen-bond acceptors (Lipinski definition) is 3. The largest absolute Gasteiger partial charge is 0.337 e. The summed E-state index contributed by atoms with van der Waals surface area (Å²) in [6.07, 6.45) is 0.671. The molecule has 0 saturated carbocycles. The Hall–Kier alpha value is -2.23. The normalized spacial score (nSPS) is 18.8. The van der Waals surface area contributed by atoms with E-state index >= 15 is 0 Å². The molecular formula is C21H14ClNOS. The third-order valence-corrected chi connectivity index (χ3v) is 6.42. The lowest BCUT2D eigenvalue weighted by Crippen LogP contribution is -2.14. The maximum Gasteiger partial charge on any atom is 0.192 e. The van der Waals surface area contributed by atoms with Gasteiger partial charge in [-0.1, -0.05) is 59.8 Å². The second kappa shape index (κ2) is 5.38. The van der Waals surface area contributed by atoms with Crippen molar-refractivity contribution in [3.63, 3.8) is 0 Å². The molecule has 25 heavy (non-hydrogen) atoms. The Bertz CT molecular complexity index is 1100. The fourth-order valence-electron chi connectivity index (χ4n) is 3.72. The predicted molar refractivity (Wildman–Crippen MR) is 105 cm³/mol. The van der Waals surface area contributed by atoms with E-state index in [1.165, 1.54) is 21.4 Å². The molecule has 0 saturated heterocycles. The van der Waals surface area contributed by atoms with Crippen LogP contribution in [0.1, 0.15) is 15.9 Å². The van der Waals surface area contributed by atoms with Crippen molar-refractivity contribution < 1.29 is 4.79 Å². The van der Waals surface area contributed by atoms with E-state index < -0.39 is 0 Å². The van der Waals surface area contributed by atoms with E-state index in [0.29, 0.717) is 11.4 Å². The molecule has 122 valence electrons. The highest BCUT2D eigenvalue weighted by Gasteiger charge is 2.34. The number of fused-ring (bicyclic) bond motifs is 4. The molecule has 0 aromatic heterocycles. The minimum Gasteiger partial charge on any atom is -0.337 e. The molecular weight excluding hydrogens is 350 g/mol. The van der Waals surface area contributed by atoms with Crippen LogP contribution < -0.4 is 4.90 Å². The molecule has 2 nitrogen and oxygen atoms in total. The highest BCUT2D eigenvalue weighted by molar-refractivity contribution is 8.03. The van der Waals surface area contributed by atoms with Gasteiger partial charge in [0.1, 0.15) is 0 Å². The second-order valence-electron chi connectivity index (χ2n) is 6.39. The van der Waals surface area contributed by atoms with Crippen LogP contribution in [0.5, 0.6) is 0 Å². The molecule has 0 unspecified atom stereocenters. The third kappa shape index (κ3) is 2.16. The van der Waals surface area contributed by atoms with Gasteiger partial charge >= 0.3 is 0 Å². The van der Waals surface area contributed by atoms with Gasteiger partial charge in [-0.15, -0.1) is 0 Å². The van der Waals surface area contributed by atoms with Gasteiger partial charge in [0.25, 0.3) is 0 Å². The summed E-state index contributed by atoms with van der Waals surface area (Å²) in [5.41, 5.74) is 3.86. The van der Waals surface area contributed by atoms with Crippen molar-refractivity contribution in [1.82, 2.24) is 0 Å². The highest BCUT2D eigenvalue weighted by atomic mass is 35.5. The fraction of sp³-hybridized carbons (Fsp3) is 0.0952. The number of thioether (sulfide) groups is 1. The predicted octanol–water partition coefficient (Wildman–Crippen LogP) is 5.69. The van der Waals surface area contributed by atoms with E-state index in [4.69, 9.17) is 11.6 Å². The van der Waals surface area contributed by atoms with Crippen LogP contribution in [0.15, 0.2) is 70.1 Å². The van der Waals surface area contributed by atoms with E-state index in [1.54, 1.807) is 17.8 Å². The SMILES string of the molecule is CN1C(=C2Cc3ccc(Cl)cc3C2=O)Sc2ccc3ccccc3c21. The molecule has 0 N–H and O–H groups in total. The average molecular weight is 364 g/mol. The summed E-state index contributed by atoms with van der Waals surface area (Å²) >= 11 is 7.77. The van der Waals surface area contributed by atoms with E-state index in [0.717, 1.165) is 21.7 Å². The number of Topliss-reactive ketones (excluding diaryl/α,β-unsaturated/α-hetero) is 1. The number of allylic oxidation sites excluding steroid dienone is 1. The summed E-state index contributed by atoms with van der Waals surface area (Å²) in [5, 5.41) is 4.08. The van der Waals surface area contributed by atoms with Crippen molar-refractivity contribution in [1.29, 1.82) is 0 Å². The Labute approximate surface area is 155 Å². The van der Waals surface area contributed by atoms with Crippen molar-refractivity contribution >= 4 is 45.6 Å². The Morgan fingerprint density at radius 2 is 1.92 bits per heavy atom. The molecule has 1 heterocycles. The van der Waals surface area contributed by atoms with Gasteiger partial charge < -0.3 is 4.90 Å². The number of nitrogens with zero attached hydrogens (tertiary/aromatic N) is 1. The molecule has 0 amide bonds. The lowest BCUT2D eigenvalue weighted by atomic mass is 10.1. The number of benzene rings is 3. The zero-order valence-corrected chi connectivity index (χ0v) is 15.1. The molecule has 0 atom stereocenters. The topological polar surface area (TPSA) is 20.3 Å². The Kier molecular flexibility index (Phi) is 3.24. The van der Waals surface area contributed by atoms with Gasteiger partial charge in [-0.3, -0.25) is 4.79 Å². The molecule has 3 aromatic carbocycles. The smallest absolute Gasteiger partial charge is 0.192 e. The van der Waals surface area contributed by atoms with Crippen LogP contribution in [-0.2, 0) is 6.42 Å². The van der Waals surface area contributed by atoms with Crippen LogP contribution in [0.25, 0.3) is 10.8 Å². The van der Waals surface area contributed by atoms with Gasteiger partial charge in [0.2, 0.25) is 0 Å². The van der Waals surface area contributed by atoms with Crippen molar-refractivity contribution in [3.05, 3.63) is 81.3 Å². The van der Waals surface area contributed by atoms with Crippen molar-refractivity contribution in [3.8, 4) is 0 Å². The first kappa shape index (κ1) is 15.1. The number of carbonyl (C=O) groups excluding carboxylic acids is 1. The van der Waals surface area contributed by atoms with Crippen LogP contribution in [0, 0.1) is 0 Å². The number of rotatable bonds is 0. The monoisotopic (exact) mass is 363 g/mol. The van der Waals surface area contributed by atoms with Crippen LogP contribution in [0.4, 0.5) is 5.69 Å². The number of ketones is 1. The van der Waals surface area contributed by atoms with Gasteiger partial charge in [0.05, 0.1) is 10.7 Å². The minimum atomic E-state index is 0.101. The van der Waals surface area contributed by atoms with Gasteiger partial charge in [-0.05, 0) is 29.1 Å². The summed E-state index contributed by atoms with van der Waals surface area (Å²) in [4.78, 5) is 16.3. The Balaban J connectivity index is 1.66. The molecule has 0 fully saturated rings. The summed E-state index contributed by atoms with van der Waals surface area (Å²) in [6, 6.07) is 18.3. The molecule has 0 bridgehead atoms. The van der Waals surface area contributed by atoms with Gasteiger partial charge in [0, 0.05) is 39.9 Å². The van der Waals surface area contributed by atoms with Gasteiger partial charge in [-0.2, -0.15) is 0 Å². The first-order valence-corrected chi connectivity index (χ1v) is 9.32. The lowest BCUT2D eigenvalue weighted by Gasteiger charge is -2.17. The molecule has 4 heteroatoms. The first-order valence-electron chi connectivity index (χ1n) is 8.13. The zero-order valence-electron chi connectivity index (χ0n) is 13.5. The molecule has 1 aliphatic heterocycles. The van der Waals surface area contributed by atoms with E-state index in [-0.39, 0.29) is 5.78 Å². The first-order chi connectivity index (χ1) is 12.1. The van der Waals surface area contributed by atoms with Crippen LogP contribution in [0.3, 0.4) is 0 Å². The van der Waals surface area contributed by atoms with Crippen LogP contribution in [-0.4, -0.2) is 12.8 Å². The molecule has 3 aromatic rings.